The van der Waals surface area contributed by atoms with Gasteiger partial charge in [0.05, 0.1) is 11.6 Å². The van der Waals surface area contributed by atoms with E-state index >= 15 is 0 Å². The highest BCUT2D eigenvalue weighted by molar-refractivity contribution is 5.78. The molecule has 4 nitrogen and oxygen atoms in total. The van der Waals surface area contributed by atoms with Crippen molar-refractivity contribution in [3.63, 3.8) is 0 Å². The second kappa shape index (κ2) is 6.75. The number of rotatable bonds is 6. The number of aliphatic hydroxyl groups is 1. The van der Waals surface area contributed by atoms with Crippen LogP contribution < -0.4 is 10.1 Å². The van der Waals surface area contributed by atoms with Gasteiger partial charge in [-0.2, -0.15) is 0 Å². The van der Waals surface area contributed by atoms with Crippen LogP contribution in [0.1, 0.15) is 46.1 Å². The normalized spacial score (nSPS) is 13.2. The third kappa shape index (κ3) is 4.85. The molecule has 1 amide bonds. The molecule has 1 aromatic carbocycles. The van der Waals surface area contributed by atoms with Gasteiger partial charge in [-0.05, 0) is 44.4 Å². The first kappa shape index (κ1) is 16.5. The number of aliphatic hydroxyl groups excluding tert-OH is 1. The van der Waals surface area contributed by atoms with E-state index in [1.54, 1.807) is 20.8 Å². The molecule has 1 atom stereocenters. The van der Waals surface area contributed by atoms with Crippen molar-refractivity contribution in [3.05, 3.63) is 29.8 Å². The van der Waals surface area contributed by atoms with Crippen molar-refractivity contribution >= 4 is 5.91 Å². The summed E-state index contributed by atoms with van der Waals surface area (Å²) in [7, 11) is 0. The second-order valence-electron chi connectivity index (χ2n) is 5.96. The molecule has 1 aromatic rings. The molecule has 0 radical (unpaired) electrons. The molecule has 2 N–H and O–H groups in total. The highest BCUT2D eigenvalue weighted by Crippen LogP contribution is 2.18. The fourth-order valence-corrected chi connectivity index (χ4v) is 1.60. The molecule has 0 bridgehead atoms. The molecular weight excluding hydrogens is 254 g/mol. The van der Waals surface area contributed by atoms with Gasteiger partial charge in [0.2, 0.25) is 0 Å². The average Bonchev–Trinajstić information content (AvgIpc) is 2.36. The Hall–Kier alpha value is -1.55. The zero-order valence-corrected chi connectivity index (χ0v) is 12.9. The zero-order valence-electron chi connectivity index (χ0n) is 12.9. The SMILES string of the molecule is CC(C)c1ccc(OCC(=O)NC(C)(C)C(C)O)cc1. The largest absolute Gasteiger partial charge is 0.484 e. The highest BCUT2D eigenvalue weighted by Gasteiger charge is 2.25. The molecule has 20 heavy (non-hydrogen) atoms. The zero-order chi connectivity index (χ0) is 15.3. The van der Waals surface area contributed by atoms with E-state index in [0.717, 1.165) is 0 Å². The first-order valence-corrected chi connectivity index (χ1v) is 6.94. The van der Waals surface area contributed by atoms with Crippen LogP contribution in [-0.2, 0) is 4.79 Å². The summed E-state index contributed by atoms with van der Waals surface area (Å²) in [5.41, 5.74) is 0.569. The van der Waals surface area contributed by atoms with Crippen LogP contribution in [0.3, 0.4) is 0 Å². The van der Waals surface area contributed by atoms with Gasteiger partial charge in [-0.25, -0.2) is 0 Å². The fourth-order valence-electron chi connectivity index (χ4n) is 1.60. The lowest BCUT2D eigenvalue weighted by Gasteiger charge is -2.29. The minimum atomic E-state index is -0.665. The van der Waals surface area contributed by atoms with E-state index in [-0.39, 0.29) is 12.5 Å². The number of ether oxygens (including phenoxy) is 1. The third-order valence-electron chi connectivity index (χ3n) is 3.42. The van der Waals surface area contributed by atoms with Gasteiger partial charge in [-0.1, -0.05) is 26.0 Å². The smallest absolute Gasteiger partial charge is 0.258 e. The van der Waals surface area contributed by atoms with E-state index in [0.29, 0.717) is 11.7 Å². The maximum atomic E-state index is 11.8. The summed E-state index contributed by atoms with van der Waals surface area (Å²) in [6.07, 6.45) is -0.628. The molecule has 0 aromatic heterocycles. The summed E-state index contributed by atoms with van der Waals surface area (Å²) in [5, 5.41) is 12.3. The minimum absolute atomic E-state index is 0.0584. The number of carbonyl (C=O) groups excluding carboxylic acids is 1. The number of benzene rings is 1. The van der Waals surface area contributed by atoms with Gasteiger partial charge < -0.3 is 15.2 Å². The number of hydrogen-bond acceptors (Lipinski definition) is 3. The van der Waals surface area contributed by atoms with Gasteiger partial charge >= 0.3 is 0 Å². The van der Waals surface area contributed by atoms with Crippen molar-refractivity contribution in [2.75, 3.05) is 6.61 Å². The first-order chi connectivity index (χ1) is 9.22. The summed E-state index contributed by atoms with van der Waals surface area (Å²) in [5.74, 6) is 0.891. The Labute approximate surface area is 121 Å². The van der Waals surface area contributed by atoms with E-state index in [1.165, 1.54) is 5.56 Å². The molecule has 1 unspecified atom stereocenters. The lowest BCUT2D eigenvalue weighted by atomic mass is 9.99. The molecule has 0 aliphatic rings. The first-order valence-electron chi connectivity index (χ1n) is 6.94. The van der Waals surface area contributed by atoms with Gasteiger partial charge in [0.25, 0.3) is 5.91 Å². The molecule has 4 heteroatoms. The summed E-state index contributed by atoms with van der Waals surface area (Å²) < 4.78 is 5.43. The Bertz CT molecular complexity index is 436. The van der Waals surface area contributed by atoms with Crippen LogP contribution in [0.4, 0.5) is 0 Å². The molecule has 0 heterocycles. The molecule has 0 aliphatic carbocycles. The van der Waals surface area contributed by atoms with Gasteiger partial charge in [0.1, 0.15) is 5.75 Å². The van der Waals surface area contributed by atoms with E-state index in [1.807, 2.05) is 24.3 Å². The van der Waals surface area contributed by atoms with Crippen molar-refractivity contribution in [3.8, 4) is 5.75 Å². The third-order valence-corrected chi connectivity index (χ3v) is 3.42. The number of nitrogens with one attached hydrogen (secondary N) is 1. The summed E-state index contributed by atoms with van der Waals surface area (Å²) >= 11 is 0. The summed E-state index contributed by atoms with van der Waals surface area (Å²) in [4.78, 5) is 11.8. The minimum Gasteiger partial charge on any atom is -0.484 e. The Kier molecular flexibility index (Phi) is 5.57. The second-order valence-corrected chi connectivity index (χ2v) is 5.96. The monoisotopic (exact) mass is 279 g/mol. The molecular formula is C16H25NO3. The van der Waals surface area contributed by atoms with Crippen molar-refractivity contribution in [1.29, 1.82) is 0 Å². The topological polar surface area (TPSA) is 58.6 Å². The van der Waals surface area contributed by atoms with Crippen molar-refractivity contribution in [2.24, 2.45) is 0 Å². The Morgan fingerprint density at radius 3 is 2.25 bits per heavy atom. The number of carbonyl (C=O) groups is 1. The summed E-state index contributed by atoms with van der Waals surface area (Å²) in [6, 6.07) is 7.72. The lowest BCUT2D eigenvalue weighted by molar-refractivity contribution is -0.126. The predicted octanol–water partition coefficient (Wildman–Crippen LogP) is 2.46. The molecule has 112 valence electrons. The van der Waals surface area contributed by atoms with Crippen LogP contribution in [0, 0.1) is 0 Å². The number of amides is 1. The molecule has 0 saturated heterocycles. The standard InChI is InChI=1S/C16H25NO3/c1-11(2)13-6-8-14(9-7-13)20-10-15(19)17-16(4,5)12(3)18/h6-9,11-12,18H,10H2,1-5H3,(H,17,19). The van der Waals surface area contributed by atoms with Crippen LogP contribution >= 0.6 is 0 Å². The maximum absolute atomic E-state index is 11.8. The van der Waals surface area contributed by atoms with Crippen LogP contribution in [-0.4, -0.2) is 29.3 Å². The quantitative estimate of drug-likeness (QED) is 0.841. The van der Waals surface area contributed by atoms with Crippen molar-refractivity contribution < 1.29 is 14.6 Å². The van der Waals surface area contributed by atoms with Gasteiger partial charge in [0, 0.05) is 0 Å². The van der Waals surface area contributed by atoms with Gasteiger partial charge in [-0.15, -0.1) is 0 Å². The molecule has 1 rings (SSSR count). The Morgan fingerprint density at radius 1 is 1.25 bits per heavy atom. The summed E-state index contributed by atoms with van der Waals surface area (Å²) in [6.45, 7) is 9.38. The van der Waals surface area contributed by atoms with Crippen LogP contribution in [0.5, 0.6) is 5.75 Å². The van der Waals surface area contributed by atoms with Crippen molar-refractivity contribution in [1.82, 2.24) is 5.32 Å². The van der Waals surface area contributed by atoms with E-state index in [9.17, 15) is 9.90 Å². The van der Waals surface area contributed by atoms with Crippen LogP contribution in [0.15, 0.2) is 24.3 Å². The fraction of sp³-hybridized carbons (Fsp3) is 0.562. The molecule has 0 spiro atoms. The van der Waals surface area contributed by atoms with Crippen LogP contribution in [0.2, 0.25) is 0 Å². The van der Waals surface area contributed by atoms with Gasteiger partial charge in [-0.3, -0.25) is 4.79 Å². The van der Waals surface area contributed by atoms with Crippen LogP contribution in [0.25, 0.3) is 0 Å². The highest BCUT2D eigenvalue weighted by atomic mass is 16.5. The number of hydrogen-bond donors (Lipinski definition) is 2. The van der Waals surface area contributed by atoms with Gasteiger partial charge in [0.15, 0.2) is 6.61 Å². The van der Waals surface area contributed by atoms with E-state index in [2.05, 4.69) is 19.2 Å². The van der Waals surface area contributed by atoms with E-state index in [4.69, 9.17) is 4.74 Å². The molecule has 0 fully saturated rings. The Balaban J connectivity index is 2.49. The molecule has 0 saturated carbocycles. The predicted molar refractivity (Wildman–Crippen MR) is 79.9 cm³/mol. The van der Waals surface area contributed by atoms with E-state index < -0.39 is 11.6 Å². The lowest BCUT2D eigenvalue weighted by Crippen LogP contribution is -2.52. The molecule has 0 aliphatic heterocycles. The van der Waals surface area contributed by atoms with Crippen molar-refractivity contribution in [2.45, 2.75) is 52.2 Å². The average molecular weight is 279 g/mol. The Morgan fingerprint density at radius 2 is 1.80 bits per heavy atom. The maximum Gasteiger partial charge on any atom is 0.258 e.